The Morgan fingerprint density at radius 1 is 1.33 bits per heavy atom. The minimum atomic E-state index is -0.382. The molecule has 3 aliphatic rings. The van der Waals surface area contributed by atoms with Gasteiger partial charge in [-0.3, -0.25) is 10.1 Å². The number of fused-ring (bicyclic) bond motifs is 2. The predicted octanol–water partition coefficient (Wildman–Crippen LogP) is 4.15. The molecule has 1 saturated carbocycles. The van der Waals surface area contributed by atoms with Crippen LogP contribution in [0.15, 0.2) is 44.9 Å². The van der Waals surface area contributed by atoms with E-state index in [1.165, 1.54) is 0 Å². The first kappa shape index (κ1) is 16.5. The third kappa shape index (κ3) is 2.74. The van der Waals surface area contributed by atoms with E-state index in [-0.39, 0.29) is 11.3 Å². The number of rotatable bonds is 2. The molecule has 1 aromatic carbocycles. The van der Waals surface area contributed by atoms with Crippen LogP contribution < -0.4 is 10.6 Å². The Labute approximate surface area is 158 Å². The summed E-state index contributed by atoms with van der Waals surface area (Å²) in [5.41, 5.74) is 3.15. The molecule has 1 fully saturated rings. The van der Waals surface area contributed by atoms with Gasteiger partial charge in [-0.15, -0.1) is 0 Å². The molecule has 1 aliphatic heterocycles. The molecule has 140 valence electrons. The molecule has 2 aliphatic carbocycles. The lowest BCUT2D eigenvalue weighted by Crippen LogP contribution is -2.46. The Kier molecular flexibility index (Phi) is 3.81. The molecule has 0 radical (unpaired) electrons. The average molecular weight is 364 g/mol. The molecule has 27 heavy (non-hydrogen) atoms. The summed E-state index contributed by atoms with van der Waals surface area (Å²) in [7, 11) is 0. The molecule has 2 heterocycles. The number of nitrogens with zero attached hydrogens (tertiary/aromatic N) is 2. The van der Waals surface area contributed by atoms with Crippen LogP contribution in [0.2, 0.25) is 0 Å². The lowest BCUT2D eigenvalue weighted by atomic mass is 9.78. The van der Waals surface area contributed by atoms with Crippen molar-refractivity contribution in [3.05, 3.63) is 35.5 Å². The van der Waals surface area contributed by atoms with E-state index >= 15 is 0 Å². The molecule has 0 saturated heterocycles. The third-order valence-corrected chi connectivity index (χ3v) is 6.16. The molecule has 0 bridgehead atoms. The van der Waals surface area contributed by atoms with Gasteiger partial charge in [0.05, 0.1) is 5.54 Å². The molecular formula is C21H24N4O2. The second-order valence-corrected chi connectivity index (χ2v) is 7.88. The van der Waals surface area contributed by atoms with Crippen LogP contribution in [-0.4, -0.2) is 22.3 Å². The van der Waals surface area contributed by atoms with E-state index in [2.05, 4.69) is 22.5 Å². The van der Waals surface area contributed by atoms with Gasteiger partial charge >= 0.3 is 6.01 Å². The van der Waals surface area contributed by atoms with Crippen molar-refractivity contribution in [1.29, 1.82) is 0 Å². The Morgan fingerprint density at radius 2 is 2.22 bits per heavy atom. The molecule has 0 amide bonds. The third-order valence-electron chi connectivity index (χ3n) is 6.16. The zero-order chi connectivity index (χ0) is 18.4. The number of Topliss-reactive ketones (excluding diaryl/α,β-unsaturated/α-hetero) is 1. The highest BCUT2D eigenvalue weighted by molar-refractivity contribution is 6.04. The van der Waals surface area contributed by atoms with Crippen molar-refractivity contribution < 1.29 is 9.21 Å². The van der Waals surface area contributed by atoms with Gasteiger partial charge in [-0.25, -0.2) is 4.99 Å². The van der Waals surface area contributed by atoms with E-state index in [0.717, 1.165) is 60.9 Å². The second-order valence-electron chi connectivity index (χ2n) is 7.88. The lowest BCUT2D eigenvalue weighted by Gasteiger charge is -2.37. The van der Waals surface area contributed by atoms with Crippen LogP contribution in [0.4, 0.5) is 6.01 Å². The van der Waals surface area contributed by atoms with Gasteiger partial charge in [-0.05, 0) is 50.2 Å². The summed E-state index contributed by atoms with van der Waals surface area (Å²) in [6.07, 6.45) is 6.59. The molecule has 6 heteroatoms. The molecule has 2 unspecified atom stereocenters. The van der Waals surface area contributed by atoms with E-state index in [4.69, 9.17) is 9.41 Å². The Balaban J connectivity index is 1.50. The SMILES string of the molecule is CCC1CCC2(C1)N=C(Nc1nc3ccccc3o1)NC1=C2C(=O)CCC1. The van der Waals surface area contributed by atoms with Gasteiger partial charge in [0.15, 0.2) is 11.4 Å². The molecule has 6 nitrogen and oxygen atoms in total. The average Bonchev–Trinajstić information content (AvgIpc) is 3.25. The predicted molar refractivity (Wildman–Crippen MR) is 104 cm³/mol. The van der Waals surface area contributed by atoms with Crippen molar-refractivity contribution >= 4 is 28.9 Å². The number of nitrogens with one attached hydrogen (secondary N) is 2. The summed E-state index contributed by atoms with van der Waals surface area (Å²) < 4.78 is 5.80. The largest absolute Gasteiger partial charge is 0.423 e. The van der Waals surface area contributed by atoms with Crippen molar-refractivity contribution in [3.63, 3.8) is 0 Å². The van der Waals surface area contributed by atoms with Crippen molar-refractivity contribution in [3.8, 4) is 0 Å². The van der Waals surface area contributed by atoms with Crippen LogP contribution in [0.5, 0.6) is 0 Å². The number of carbonyl (C=O) groups is 1. The minimum absolute atomic E-state index is 0.269. The van der Waals surface area contributed by atoms with Crippen LogP contribution in [0.25, 0.3) is 11.1 Å². The number of hydrogen-bond acceptors (Lipinski definition) is 6. The van der Waals surface area contributed by atoms with Gasteiger partial charge in [0, 0.05) is 17.7 Å². The van der Waals surface area contributed by atoms with Gasteiger partial charge < -0.3 is 9.73 Å². The lowest BCUT2D eigenvalue weighted by molar-refractivity contribution is -0.116. The van der Waals surface area contributed by atoms with Crippen molar-refractivity contribution in [2.75, 3.05) is 5.32 Å². The van der Waals surface area contributed by atoms with Gasteiger partial charge in [0.25, 0.3) is 0 Å². The van der Waals surface area contributed by atoms with E-state index in [0.29, 0.717) is 24.3 Å². The summed E-state index contributed by atoms with van der Waals surface area (Å²) in [6.45, 7) is 2.23. The summed E-state index contributed by atoms with van der Waals surface area (Å²) in [4.78, 5) is 22.3. The monoisotopic (exact) mass is 364 g/mol. The Hall–Kier alpha value is -2.63. The van der Waals surface area contributed by atoms with Gasteiger partial charge in [0.2, 0.25) is 5.96 Å². The number of para-hydroxylation sites is 2. The number of allylic oxidation sites excluding steroid dienone is 1. The fourth-order valence-electron chi connectivity index (χ4n) is 4.84. The minimum Gasteiger partial charge on any atom is -0.423 e. The summed E-state index contributed by atoms with van der Waals surface area (Å²) in [6, 6.07) is 8.11. The van der Waals surface area contributed by atoms with Crippen LogP contribution in [0.3, 0.4) is 0 Å². The maximum atomic E-state index is 12.7. The highest BCUT2D eigenvalue weighted by Crippen LogP contribution is 2.48. The zero-order valence-corrected chi connectivity index (χ0v) is 15.5. The number of ketones is 1. The zero-order valence-electron chi connectivity index (χ0n) is 15.5. The standard InChI is InChI=1S/C21H24N4O2/c1-2-13-10-11-21(12-13)18-15(7-5-8-16(18)26)22-19(25-21)24-20-23-14-6-3-4-9-17(14)27-20/h3-4,6,9,13H,2,5,7-8,10-12H2,1H3,(H2,22,23,24,25). The Morgan fingerprint density at radius 3 is 3.04 bits per heavy atom. The van der Waals surface area contributed by atoms with Crippen molar-refractivity contribution in [1.82, 2.24) is 10.3 Å². The molecule has 2 N–H and O–H groups in total. The normalized spacial score (nSPS) is 27.7. The smallest absolute Gasteiger partial charge is 0.302 e. The molecule has 1 spiro atoms. The Bertz CT molecular complexity index is 940. The van der Waals surface area contributed by atoms with E-state index in [1.807, 2.05) is 24.3 Å². The maximum Gasteiger partial charge on any atom is 0.302 e. The first-order chi connectivity index (χ1) is 13.2. The summed E-state index contributed by atoms with van der Waals surface area (Å²) >= 11 is 0. The molecule has 2 atom stereocenters. The molecule has 1 aromatic heterocycles. The molecule has 5 rings (SSSR count). The number of benzene rings is 1. The summed E-state index contributed by atoms with van der Waals surface area (Å²) in [5.74, 6) is 1.54. The van der Waals surface area contributed by atoms with Gasteiger partial charge in [-0.2, -0.15) is 4.98 Å². The highest BCUT2D eigenvalue weighted by atomic mass is 16.4. The van der Waals surface area contributed by atoms with E-state index < -0.39 is 0 Å². The van der Waals surface area contributed by atoms with Gasteiger partial charge in [0.1, 0.15) is 5.52 Å². The number of oxazole rings is 1. The number of anilines is 1. The fraction of sp³-hybridized carbons (Fsp3) is 0.476. The number of carbonyl (C=O) groups excluding carboxylic acids is 1. The number of aromatic nitrogens is 1. The van der Waals surface area contributed by atoms with Gasteiger partial charge in [-0.1, -0.05) is 25.5 Å². The first-order valence-corrected chi connectivity index (χ1v) is 9.93. The van der Waals surface area contributed by atoms with E-state index in [9.17, 15) is 4.79 Å². The quantitative estimate of drug-likeness (QED) is 0.837. The summed E-state index contributed by atoms with van der Waals surface area (Å²) in [5, 5.41) is 6.58. The van der Waals surface area contributed by atoms with Crippen LogP contribution in [0, 0.1) is 5.92 Å². The molecular weight excluding hydrogens is 340 g/mol. The molecule has 2 aromatic rings. The number of guanidine groups is 1. The van der Waals surface area contributed by atoms with Crippen LogP contribution in [0.1, 0.15) is 51.9 Å². The van der Waals surface area contributed by atoms with Crippen molar-refractivity contribution in [2.24, 2.45) is 10.9 Å². The maximum absolute atomic E-state index is 12.7. The number of hydrogen-bond donors (Lipinski definition) is 2. The van der Waals surface area contributed by atoms with Crippen molar-refractivity contribution in [2.45, 2.75) is 57.4 Å². The van der Waals surface area contributed by atoms with Crippen LogP contribution in [-0.2, 0) is 4.79 Å². The highest BCUT2D eigenvalue weighted by Gasteiger charge is 2.48. The first-order valence-electron chi connectivity index (χ1n) is 9.93. The van der Waals surface area contributed by atoms with E-state index in [1.54, 1.807) is 0 Å². The number of aliphatic imine (C=N–C) groups is 1. The fourth-order valence-corrected chi connectivity index (χ4v) is 4.84. The second kappa shape index (κ2) is 6.22. The van der Waals surface area contributed by atoms with Crippen LogP contribution >= 0.6 is 0 Å². The topological polar surface area (TPSA) is 79.5 Å².